The highest BCUT2D eigenvalue weighted by molar-refractivity contribution is 5.42. The summed E-state index contributed by atoms with van der Waals surface area (Å²) in [6, 6.07) is 10.6. The van der Waals surface area contributed by atoms with Crippen LogP contribution in [0.2, 0.25) is 0 Å². The molecule has 1 aromatic heterocycles. The van der Waals surface area contributed by atoms with Crippen molar-refractivity contribution in [1.82, 2.24) is 5.16 Å². The molecule has 0 aliphatic heterocycles. The number of fused-ring (bicyclic) bond motifs is 1. The van der Waals surface area contributed by atoms with Crippen LogP contribution in [-0.2, 0) is 12.8 Å². The van der Waals surface area contributed by atoms with Gasteiger partial charge in [0.05, 0.1) is 5.69 Å². The van der Waals surface area contributed by atoms with Crippen molar-refractivity contribution in [2.75, 3.05) is 5.73 Å². The second kappa shape index (κ2) is 3.91. The van der Waals surface area contributed by atoms with E-state index in [9.17, 15) is 0 Å². The summed E-state index contributed by atoms with van der Waals surface area (Å²) in [5.41, 5.74) is 9.31. The minimum atomic E-state index is 0.498. The predicted molar refractivity (Wildman–Crippen MR) is 66.7 cm³/mol. The molecule has 0 bridgehead atoms. The summed E-state index contributed by atoms with van der Waals surface area (Å²) in [5, 5.41) is 4.07. The Balaban J connectivity index is 1.95. The van der Waals surface area contributed by atoms with Gasteiger partial charge in [-0.15, -0.1) is 0 Å². The zero-order valence-corrected chi connectivity index (χ0v) is 9.89. The van der Waals surface area contributed by atoms with E-state index in [1.165, 1.54) is 5.56 Å². The van der Waals surface area contributed by atoms with Gasteiger partial charge in [-0.2, -0.15) is 0 Å². The summed E-state index contributed by atoms with van der Waals surface area (Å²) < 4.78 is 5.08. The van der Waals surface area contributed by atoms with E-state index >= 15 is 0 Å². The zero-order chi connectivity index (χ0) is 11.8. The van der Waals surface area contributed by atoms with Gasteiger partial charge in [0.1, 0.15) is 0 Å². The van der Waals surface area contributed by atoms with Crippen LogP contribution >= 0.6 is 0 Å². The Morgan fingerprint density at radius 2 is 2.00 bits per heavy atom. The van der Waals surface area contributed by atoms with E-state index in [0.717, 1.165) is 24.1 Å². The van der Waals surface area contributed by atoms with Crippen LogP contribution in [0, 0.1) is 5.92 Å². The molecule has 2 N–H and O–H groups in total. The average Bonchev–Trinajstić information content (AvgIpc) is 2.71. The minimum absolute atomic E-state index is 0.498. The van der Waals surface area contributed by atoms with Gasteiger partial charge in [0.25, 0.3) is 0 Å². The van der Waals surface area contributed by atoms with Gasteiger partial charge < -0.3 is 10.3 Å². The number of hydrogen-bond acceptors (Lipinski definition) is 3. The van der Waals surface area contributed by atoms with Gasteiger partial charge in [-0.05, 0) is 23.8 Å². The second-order valence-electron chi connectivity index (χ2n) is 4.87. The number of aromatic nitrogens is 1. The molecule has 1 heterocycles. The summed E-state index contributed by atoms with van der Waals surface area (Å²) in [6.07, 6.45) is 1.89. The normalized spacial score (nSPS) is 23.4. The molecule has 2 aromatic rings. The van der Waals surface area contributed by atoms with Crippen LogP contribution in [0.1, 0.15) is 29.7 Å². The minimum Gasteiger partial charge on any atom is -0.367 e. The quantitative estimate of drug-likeness (QED) is 0.816. The third-order valence-electron chi connectivity index (χ3n) is 3.75. The molecular weight excluding hydrogens is 212 g/mol. The van der Waals surface area contributed by atoms with Crippen LogP contribution in [-0.4, -0.2) is 5.16 Å². The van der Waals surface area contributed by atoms with Gasteiger partial charge in [-0.1, -0.05) is 42.4 Å². The number of rotatable bonds is 1. The molecule has 0 fully saturated rings. The molecule has 1 aliphatic carbocycles. The Kier molecular flexibility index (Phi) is 2.39. The second-order valence-corrected chi connectivity index (χ2v) is 4.87. The van der Waals surface area contributed by atoms with Crippen LogP contribution in [0.15, 0.2) is 34.9 Å². The molecule has 2 atom stereocenters. The molecule has 3 nitrogen and oxygen atoms in total. The summed E-state index contributed by atoms with van der Waals surface area (Å²) >= 11 is 0. The predicted octanol–water partition coefficient (Wildman–Crippen LogP) is 2.78. The van der Waals surface area contributed by atoms with E-state index < -0.39 is 0 Å². The van der Waals surface area contributed by atoms with Crippen molar-refractivity contribution in [3.8, 4) is 0 Å². The third-order valence-corrected chi connectivity index (χ3v) is 3.75. The largest absolute Gasteiger partial charge is 0.367 e. The first-order valence-electron chi connectivity index (χ1n) is 6.03. The monoisotopic (exact) mass is 228 g/mol. The fraction of sp³-hybridized carbons (Fsp3) is 0.357. The third kappa shape index (κ3) is 1.71. The molecule has 3 rings (SSSR count). The summed E-state index contributed by atoms with van der Waals surface area (Å²) in [7, 11) is 0. The molecule has 17 heavy (non-hydrogen) atoms. The van der Waals surface area contributed by atoms with Crippen molar-refractivity contribution in [2.24, 2.45) is 5.92 Å². The maximum atomic E-state index is 5.78. The number of nitrogens with zero attached hydrogens (tertiary/aromatic N) is 1. The SMILES string of the molecule is CC1Cc2c(noc2N)CC1c1ccccc1. The van der Waals surface area contributed by atoms with E-state index in [0.29, 0.717) is 17.7 Å². The number of nitrogen functional groups attached to an aromatic ring is 1. The molecule has 0 saturated carbocycles. The molecule has 0 saturated heterocycles. The Morgan fingerprint density at radius 3 is 2.76 bits per heavy atom. The zero-order valence-electron chi connectivity index (χ0n) is 9.89. The molecule has 88 valence electrons. The lowest BCUT2D eigenvalue weighted by molar-refractivity contribution is 0.404. The summed E-state index contributed by atoms with van der Waals surface area (Å²) in [6.45, 7) is 2.27. The van der Waals surface area contributed by atoms with Gasteiger partial charge in [0, 0.05) is 12.0 Å². The fourth-order valence-corrected chi connectivity index (χ4v) is 2.76. The van der Waals surface area contributed by atoms with Crippen molar-refractivity contribution >= 4 is 5.88 Å². The van der Waals surface area contributed by atoms with Gasteiger partial charge >= 0.3 is 0 Å². The van der Waals surface area contributed by atoms with E-state index in [1.54, 1.807) is 0 Å². The molecule has 0 amide bonds. The lowest BCUT2D eigenvalue weighted by Gasteiger charge is -2.28. The Morgan fingerprint density at radius 1 is 1.24 bits per heavy atom. The van der Waals surface area contributed by atoms with Crippen molar-refractivity contribution in [3.05, 3.63) is 47.2 Å². The van der Waals surface area contributed by atoms with Crippen LogP contribution in [0.5, 0.6) is 0 Å². The molecule has 2 unspecified atom stereocenters. The number of anilines is 1. The van der Waals surface area contributed by atoms with E-state index in [1.807, 2.05) is 0 Å². The molecule has 1 aliphatic rings. The van der Waals surface area contributed by atoms with Crippen molar-refractivity contribution in [1.29, 1.82) is 0 Å². The van der Waals surface area contributed by atoms with Gasteiger partial charge in [-0.3, -0.25) is 0 Å². The van der Waals surface area contributed by atoms with Gasteiger partial charge in [0.2, 0.25) is 5.88 Å². The molecule has 1 aromatic carbocycles. The summed E-state index contributed by atoms with van der Waals surface area (Å²) in [5.74, 6) is 1.60. The van der Waals surface area contributed by atoms with Crippen molar-refractivity contribution in [3.63, 3.8) is 0 Å². The van der Waals surface area contributed by atoms with Crippen molar-refractivity contribution < 1.29 is 4.52 Å². The maximum Gasteiger partial charge on any atom is 0.225 e. The van der Waals surface area contributed by atoms with E-state index in [4.69, 9.17) is 10.3 Å². The van der Waals surface area contributed by atoms with Crippen LogP contribution < -0.4 is 5.73 Å². The standard InChI is InChI=1S/C14H16N2O/c1-9-7-12-13(16-17-14(12)15)8-11(9)10-5-3-2-4-6-10/h2-6,9,11H,7-8,15H2,1H3. The lowest BCUT2D eigenvalue weighted by Crippen LogP contribution is -2.21. The van der Waals surface area contributed by atoms with Gasteiger partial charge in [-0.25, -0.2) is 0 Å². The first-order valence-corrected chi connectivity index (χ1v) is 6.03. The molecule has 0 radical (unpaired) electrons. The molecule has 3 heteroatoms. The Hall–Kier alpha value is -1.77. The maximum absolute atomic E-state index is 5.78. The smallest absolute Gasteiger partial charge is 0.225 e. The number of benzene rings is 1. The molecular formula is C14H16N2O. The first-order chi connectivity index (χ1) is 8.25. The van der Waals surface area contributed by atoms with Crippen LogP contribution in [0.3, 0.4) is 0 Å². The topological polar surface area (TPSA) is 52.0 Å². The van der Waals surface area contributed by atoms with Gasteiger partial charge in [0.15, 0.2) is 0 Å². The average molecular weight is 228 g/mol. The fourth-order valence-electron chi connectivity index (χ4n) is 2.76. The highest BCUT2D eigenvalue weighted by Crippen LogP contribution is 2.38. The summed E-state index contributed by atoms with van der Waals surface area (Å²) in [4.78, 5) is 0. The highest BCUT2D eigenvalue weighted by Gasteiger charge is 2.30. The molecule has 0 spiro atoms. The highest BCUT2D eigenvalue weighted by atomic mass is 16.5. The van der Waals surface area contributed by atoms with E-state index in [2.05, 4.69) is 42.4 Å². The Labute approximate surface area is 101 Å². The Bertz CT molecular complexity index is 518. The lowest BCUT2D eigenvalue weighted by atomic mass is 9.76. The first kappa shape index (κ1) is 10.4. The van der Waals surface area contributed by atoms with Crippen molar-refractivity contribution in [2.45, 2.75) is 25.7 Å². The van der Waals surface area contributed by atoms with E-state index in [-0.39, 0.29) is 0 Å². The number of hydrogen-bond donors (Lipinski definition) is 1. The number of nitrogens with two attached hydrogens (primary N) is 1. The van der Waals surface area contributed by atoms with Crippen LogP contribution in [0.4, 0.5) is 5.88 Å². The van der Waals surface area contributed by atoms with Crippen LogP contribution in [0.25, 0.3) is 0 Å².